The van der Waals surface area contributed by atoms with E-state index in [1.165, 1.54) is 48.3 Å². The number of nitrogens with zero attached hydrogens (tertiary/aromatic N) is 3. The summed E-state index contributed by atoms with van der Waals surface area (Å²) in [6, 6.07) is 0.714. The van der Waals surface area contributed by atoms with Gasteiger partial charge in [0.05, 0.1) is 15.9 Å². The van der Waals surface area contributed by atoms with Gasteiger partial charge in [0.2, 0.25) is 0 Å². The SMILES string of the molecule is CCc1nn(CC)c(CN2CC3CCCNC3C2)c1Br. The van der Waals surface area contributed by atoms with Gasteiger partial charge >= 0.3 is 0 Å². The number of fused-ring (bicyclic) bond motifs is 1. The highest BCUT2D eigenvalue weighted by Gasteiger charge is 2.34. The Labute approximate surface area is 130 Å². The zero-order valence-corrected chi connectivity index (χ0v) is 14.1. The Morgan fingerprint density at radius 1 is 1.35 bits per heavy atom. The molecule has 1 aromatic heterocycles. The van der Waals surface area contributed by atoms with Gasteiger partial charge < -0.3 is 5.32 Å². The van der Waals surface area contributed by atoms with E-state index in [0.717, 1.165) is 25.4 Å². The van der Waals surface area contributed by atoms with Crippen LogP contribution in [0, 0.1) is 5.92 Å². The monoisotopic (exact) mass is 340 g/mol. The summed E-state index contributed by atoms with van der Waals surface area (Å²) in [6.45, 7) is 9.95. The zero-order chi connectivity index (χ0) is 14.1. The number of piperidine rings is 1. The average molecular weight is 341 g/mol. The van der Waals surface area contributed by atoms with Crippen LogP contribution >= 0.6 is 15.9 Å². The van der Waals surface area contributed by atoms with Gasteiger partial charge in [0, 0.05) is 32.2 Å². The van der Waals surface area contributed by atoms with E-state index in [-0.39, 0.29) is 0 Å². The molecule has 0 saturated carbocycles. The maximum atomic E-state index is 4.71. The molecule has 2 saturated heterocycles. The zero-order valence-electron chi connectivity index (χ0n) is 12.5. The second kappa shape index (κ2) is 6.16. The smallest absolute Gasteiger partial charge is 0.0767 e. The first-order valence-corrected chi connectivity index (χ1v) is 8.72. The van der Waals surface area contributed by atoms with E-state index in [1.807, 2.05) is 0 Å². The molecule has 5 heteroatoms. The van der Waals surface area contributed by atoms with E-state index in [0.29, 0.717) is 6.04 Å². The molecule has 0 amide bonds. The Hall–Kier alpha value is -0.390. The number of aromatic nitrogens is 2. The fraction of sp³-hybridized carbons (Fsp3) is 0.800. The molecule has 2 aliphatic rings. The predicted octanol–water partition coefficient (Wildman–Crippen LogP) is 2.41. The van der Waals surface area contributed by atoms with Gasteiger partial charge in [-0.25, -0.2) is 0 Å². The van der Waals surface area contributed by atoms with E-state index in [9.17, 15) is 0 Å². The van der Waals surface area contributed by atoms with E-state index >= 15 is 0 Å². The fourth-order valence-corrected chi connectivity index (χ4v) is 4.34. The van der Waals surface area contributed by atoms with Gasteiger partial charge in [0.15, 0.2) is 0 Å². The van der Waals surface area contributed by atoms with Crippen LogP contribution < -0.4 is 5.32 Å². The summed E-state index contributed by atoms with van der Waals surface area (Å²) in [5.41, 5.74) is 2.54. The van der Waals surface area contributed by atoms with Crippen LogP contribution in [0.25, 0.3) is 0 Å². The van der Waals surface area contributed by atoms with Crippen molar-refractivity contribution in [2.24, 2.45) is 5.92 Å². The first-order chi connectivity index (χ1) is 9.72. The molecule has 4 nitrogen and oxygen atoms in total. The molecule has 3 rings (SSSR count). The number of aryl methyl sites for hydroxylation is 2. The van der Waals surface area contributed by atoms with Gasteiger partial charge in [-0.1, -0.05) is 6.92 Å². The number of hydrogen-bond donors (Lipinski definition) is 1. The second-order valence-electron chi connectivity index (χ2n) is 6.03. The Kier molecular flexibility index (Phi) is 4.48. The van der Waals surface area contributed by atoms with Crippen molar-refractivity contribution in [2.45, 2.75) is 52.2 Å². The molecule has 2 unspecified atom stereocenters. The van der Waals surface area contributed by atoms with Crippen molar-refractivity contribution in [3.8, 4) is 0 Å². The summed E-state index contributed by atoms with van der Waals surface area (Å²) in [4.78, 5) is 2.60. The molecule has 20 heavy (non-hydrogen) atoms. The minimum Gasteiger partial charge on any atom is -0.312 e. The molecule has 2 aliphatic heterocycles. The van der Waals surface area contributed by atoms with E-state index in [1.54, 1.807) is 0 Å². The molecule has 0 aliphatic carbocycles. The standard InChI is InChI=1S/C15H25BrN4/c1-3-12-15(16)14(20(4-2)18-12)10-19-8-11-6-5-7-17-13(11)9-19/h11,13,17H,3-10H2,1-2H3. The lowest BCUT2D eigenvalue weighted by Crippen LogP contribution is -2.40. The van der Waals surface area contributed by atoms with Crippen LogP contribution in [-0.4, -0.2) is 40.4 Å². The highest BCUT2D eigenvalue weighted by atomic mass is 79.9. The van der Waals surface area contributed by atoms with Crippen molar-refractivity contribution in [1.82, 2.24) is 20.0 Å². The van der Waals surface area contributed by atoms with Crippen molar-refractivity contribution in [3.05, 3.63) is 15.9 Å². The third kappa shape index (κ3) is 2.68. The Morgan fingerprint density at radius 3 is 2.90 bits per heavy atom. The Morgan fingerprint density at radius 2 is 2.20 bits per heavy atom. The summed E-state index contributed by atoms with van der Waals surface area (Å²) in [6.07, 6.45) is 3.72. The van der Waals surface area contributed by atoms with Crippen LogP contribution in [0.15, 0.2) is 4.47 Å². The third-order valence-corrected chi connectivity index (χ3v) is 5.66. The van der Waals surface area contributed by atoms with Crippen molar-refractivity contribution in [1.29, 1.82) is 0 Å². The van der Waals surface area contributed by atoms with Crippen LogP contribution in [-0.2, 0) is 19.5 Å². The quantitative estimate of drug-likeness (QED) is 0.913. The largest absolute Gasteiger partial charge is 0.312 e. The van der Waals surface area contributed by atoms with Crippen molar-refractivity contribution >= 4 is 15.9 Å². The first kappa shape index (κ1) is 14.5. The Balaban J connectivity index is 1.73. The van der Waals surface area contributed by atoms with E-state index in [4.69, 9.17) is 5.10 Å². The molecule has 0 bridgehead atoms. The van der Waals surface area contributed by atoms with E-state index < -0.39 is 0 Å². The van der Waals surface area contributed by atoms with E-state index in [2.05, 4.69) is 44.7 Å². The van der Waals surface area contributed by atoms with Crippen molar-refractivity contribution in [3.63, 3.8) is 0 Å². The maximum absolute atomic E-state index is 4.71. The third-order valence-electron chi connectivity index (χ3n) is 4.74. The minimum atomic E-state index is 0.714. The van der Waals surface area contributed by atoms with Gasteiger partial charge in [-0.2, -0.15) is 5.10 Å². The van der Waals surface area contributed by atoms with Crippen molar-refractivity contribution in [2.75, 3.05) is 19.6 Å². The summed E-state index contributed by atoms with van der Waals surface area (Å²) in [5.74, 6) is 0.853. The van der Waals surface area contributed by atoms with Gasteiger partial charge in [-0.15, -0.1) is 0 Å². The lowest BCUT2D eigenvalue weighted by atomic mass is 9.94. The average Bonchev–Trinajstić information content (AvgIpc) is 3.01. The summed E-state index contributed by atoms with van der Waals surface area (Å²) in [7, 11) is 0. The van der Waals surface area contributed by atoms with Gasteiger partial charge in [0.1, 0.15) is 0 Å². The van der Waals surface area contributed by atoms with Crippen LogP contribution in [0.2, 0.25) is 0 Å². The van der Waals surface area contributed by atoms with Crippen LogP contribution in [0.3, 0.4) is 0 Å². The number of rotatable bonds is 4. The second-order valence-corrected chi connectivity index (χ2v) is 6.83. The van der Waals surface area contributed by atoms with Gasteiger partial charge in [-0.3, -0.25) is 9.58 Å². The molecule has 2 atom stereocenters. The normalized spacial score (nSPS) is 26.9. The summed E-state index contributed by atoms with van der Waals surface area (Å²) >= 11 is 3.76. The topological polar surface area (TPSA) is 33.1 Å². The molecule has 2 fully saturated rings. The highest BCUT2D eigenvalue weighted by molar-refractivity contribution is 9.10. The maximum Gasteiger partial charge on any atom is 0.0767 e. The molecule has 112 valence electrons. The lowest BCUT2D eigenvalue weighted by Gasteiger charge is -2.24. The first-order valence-electron chi connectivity index (χ1n) is 7.92. The fourth-order valence-electron chi connectivity index (χ4n) is 3.65. The molecule has 1 N–H and O–H groups in total. The molecule has 0 spiro atoms. The van der Waals surface area contributed by atoms with Gasteiger partial charge in [-0.05, 0) is 54.6 Å². The van der Waals surface area contributed by atoms with Crippen LogP contribution in [0.4, 0.5) is 0 Å². The summed E-state index contributed by atoms with van der Waals surface area (Å²) < 4.78 is 3.39. The molecule has 3 heterocycles. The molecule has 0 radical (unpaired) electrons. The van der Waals surface area contributed by atoms with Crippen molar-refractivity contribution < 1.29 is 0 Å². The number of nitrogens with one attached hydrogen (secondary N) is 1. The minimum absolute atomic E-state index is 0.714. The molecular formula is C15H25BrN4. The molecule has 0 aromatic carbocycles. The number of likely N-dealkylation sites (tertiary alicyclic amines) is 1. The van der Waals surface area contributed by atoms with Crippen LogP contribution in [0.1, 0.15) is 38.1 Å². The Bertz CT molecular complexity index is 457. The highest BCUT2D eigenvalue weighted by Crippen LogP contribution is 2.29. The molecular weight excluding hydrogens is 316 g/mol. The van der Waals surface area contributed by atoms with Crippen LogP contribution in [0.5, 0.6) is 0 Å². The molecule has 1 aromatic rings. The van der Waals surface area contributed by atoms with Gasteiger partial charge in [0.25, 0.3) is 0 Å². The lowest BCUT2D eigenvalue weighted by molar-refractivity contribution is 0.302. The summed E-state index contributed by atoms with van der Waals surface area (Å²) in [5, 5.41) is 8.39. The predicted molar refractivity (Wildman–Crippen MR) is 84.8 cm³/mol. The number of halogens is 1. The number of hydrogen-bond acceptors (Lipinski definition) is 3.